The first-order valence-electron chi connectivity index (χ1n) is 10.8. The highest BCUT2D eigenvalue weighted by Crippen LogP contribution is 2.29. The standard InChI is InChI=1S/C26H27FN2O5/c1-4-32-23-12-10-20(15-25(23)33-5-2)26(30)29-28-16-18-9-11-22(24(14-18)31-3)34-17-19-7-6-8-21(27)13-19/h6-16H,4-5,17H2,1-3H3,(H,29,30)/b28-16+. The van der Waals surface area contributed by atoms with E-state index in [2.05, 4.69) is 10.5 Å². The molecule has 0 bridgehead atoms. The number of hydrazone groups is 1. The number of hydrogen-bond donors (Lipinski definition) is 1. The lowest BCUT2D eigenvalue weighted by molar-refractivity contribution is 0.0954. The number of nitrogens with zero attached hydrogens (tertiary/aromatic N) is 1. The molecule has 0 saturated heterocycles. The van der Waals surface area contributed by atoms with Gasteiger partial charge in [-0.15, -0.1) is 0 Å². The van der Waals surface area contributed by atoms with E-state index in [1.807, 2.05) is 13.8 Å². The molecule has 0 aliphatic rings. The van der Waals surface area contributed by atoms with Gasteiger partial charge in [0.15, 0.2) is 23.0 Å². The lowest BCUT2D eigenvalue weighted by Crippen LogP contribution is -2.17. The molecular weight excluding hydrogens is 439 g/mol. The van der Waals surface area contributed by atoms with Crippen LogP contribution in [0.5, 0.6) is 23.0 Å². The molecule has 0 aliphatic heterocycles. The minimum absolute atomic E-state index is 0.198. The highest BCUT2D eigenvalue weighted by molar-refractivity contribution is 5.95. The smallest absolute Gasteiger partial charge is 0.271 e. The van der Waals surface area contributed by atoms with E-state index in [1.165, 1.54) is 25.5 Å². The maximum absolute atomic E-state index is 13.3. The molecular formula is C26H27FN2O5. The van der Waals surface area contributed by atoms with E-state index >= 15 is 0 Å². The van der Waals surface area contributed by atoms with Gasteiger partial charge in [-0.25, -0.2) is 9.82 Å². The van der Waals surface area contributed by atoms with Gasteiger partial charge in [0.2, 0.25) is 0 Å². The summed E-state index contributed by atoms with van der Waals surface area (Å²) in [6.07, 6.45) is 1.49. The number of nitrogens with one attached hydrogen (secondary N) is 1. The van der Waals surface area contributed by atoms with Crippen LogP contribution >= 0.6 is 0 Å². The maximum atomic E-state index is 13.3. The fourth-order valence-corrected chi connectivity index (χ4v) is 3.09. The Morgan fingerprint density at radius 3 is 2.38 bits per heavy atom. The summed E-state index contributed by atoms with van der Waals surface area (Å²) in [6.45, 7) is 4.88. The van der Waals surface area contributed by atoms with Crippen LogP contribution in [0.2, 0.25) is 0 Å². The SMILES string of the molecule is CCOc1ccc(C(=O)N/N=C/c2ccc(OCc3cccc(F)c3)c(OC)c2)cc1OCC. The molecule has 8 heteroatoms. The quantitative estimate of drug-likeness (QED) is 0.319. The molecule has 0 spiro atoms. The summed E-state index contributed by atoms with van der Waals surface area (Å²) in [5.41, 5.74) is 4.29. The van der Waals surface area contributed by atoms with Crippen molar-refractivity contribution in [2.24, 2.45) is 5.10 Å². The number of carbonyl (C=O) groups is 1. The lowest BCUT2D eigenvalue weighted by Gasteiger charge is -2.12. The molecule has 178 valence electrons. The van der Waals surface area contributed by atoms with Crippen molar-refractivity contribution in [3.63, 3.8) is 0 Å². The molecule has 1 amide bonds. The summed E-state index contributed by atoms with van der Waals surface area (Å²) < 4.78 is 35.6. The fraction of sp³-hybridized carbons (Fsp3) is 0.231. The molecule has 0 fully saturated rings. The zero-order valence-electron chi connectivity index (χ0n) is 19.3. The largest absolute Gasteiger partial charge is 0.493 e. The van der Waals surface area contributed by atoms with Gasteiger partial charge in [0.1, 0.15) is 12.4 Å². The number of carbonyl (C=O) groups excluding carboxylic acids is 1. The van der Waals surface area contributed by atoms with Gasteiger partial charge in [0.05, 0.1) is 26.5 Å². The van der Waals surface area contributed by atoms with Crippen LogP contribution in [-0.2, 0) is 6.61 Å². The Kier molecular flexibility index (Phi) is 8.85. The monoisotopic (exact) mass is 466 g/mol. The Morgan fingerprint density at radius 2 is 1.65 bits per heavy atom. The third kappa shape index (κ3) is 6.71. The number of halogens is 1. The third-order valence-corrected chi connectivity index (χ3v) is 4.66. The predicted molar refractivity (Wildman–Crippen MR) is 128 cm³/mol. The van der Waals surface area contributed by atoms with Crippen molar-refractivity contribution in [1.82, 2.24) is 5.43 Å². The Balaban J connectivity index is 1.63. The number of hydrogen-bond acceptors (Lipinski definition) is 6. The van der Waals surface area contributed by atoms with Crippen LogP contribution < -0.4 is 24.4 Å². The van der Waals surface area contributed by atoms with Gasteiger partial charge >= 0.3 is 0 Å². The second-order valence-corrected chi connectivity index (χ2v) is 7.06. The van der Waals surface area contributed by atoms with E-state index in [0.29, 0.717) is 52.9 Å². The molecule has 3 rings (SSSR count). The normalized spacial score (nSPS) is 10.7. The number of ether oxygens (including phenoxy) is 4. The van der Waals surface area contributed by atoms with Crippen molar-refractivity contribution in [1.29, 1.82) is 0 Å². The topological polar surface area (TPSA) is 78.4 Å². The molecule has 0 heterocycles. The Morgan fingerprint density at radius 1 is 0.912 bits per heavy atom. The minimum atomic E-state index is -0.387. The van der Waals surface area contributed by atoms with Crippen LogP contribution in [0.3, 0.4) is 0 Å². The number of rotatable bonds is 11. The summed E-state index contributed by atoms with van der Waals surface area (Å²) in [4.78, 5) is 12.5. The second kappa shape index (κ2) is 12.2. The van der Waals surface area contributed by atoms with Gasteiger partial charge in [-0.2, -0.15) is 5.10 Å². The maximum Gasteiger partial charge on any atom is 0.271 e. The fourth-order valence-electron chi connectivity index (χ4n) is 3.09. The predicted octanol–water partition coefficient (Wildman–Crippen LogP) is 4.97. The third-order valence-electron chi connectivity index (χ3n) is 4.66. The second-order valence-electron chi connectivity index (χ2n) is 7.06. The van der Waals surface area contributed by atoms with E-state index in [4.69, 9.17) is 18.9 Å². The molecule has 0 aliphatic carbocycles. The summed E-state index contributed by atoms with van der Waals surface area (Å²) in [5.74, 6) is 1.37. The van der Waals surface area contributed by atoms with Crippen molar-refractivity contribution in [3.8, 4) is 23.0 Å². The van der Waals surface area contributed by atoms with Crippen molar-refractivity contribution < 1.29 is 28.1 Å². The van der Waals surface area contributed by atoms with Gasteiger partial charge in [-0.3, -0.25) is 4.79 Å². The molecule has 0 aromatic heterocycles. The summed E-state index contributed by atoms with van der Waals surface area (Å²) in [7, 11) is 1.52. The van der Waals surface area contributed by atoms with Crippen LogP contribution in [-0.4, -0.2) is 32.4 Å². The van der Waals surface area contributed by atoms with E-state index in [9.17, 15) is 9.18 Å². The molecule has 7 nitrogen and oxygen atoms in total. The van der Waals surface area contributed by atoms with E-state index in [0.717, 1.165) is 0 Å². The average molecular weight is 467 g/mol. The van der Waals surface area contributed by atoms with Crippen LogP contribution in [0.25, 0.3) is 0 Å². The van der Waals surface area contributed by atoms with Gasteiger partial charge in [0, 0.05) is 5.56 Å². The van der Waals surface area contributed by atoms with Crippen LogP contribution in [0.4, 0.5) is 4.39 Å². The first-order valence-corrected chi connectivity index (χ1v) is 10.8. The number of amides is 1. The van der Waals surface area contributed by atoms with E-state index in [1.54, 1.807) is 48.5 Å². The molecule has 3 aromatic rings. The Labute approximate surface area is 198 Å². The van der Waals surface area contributed by atoms with Crippen molar-refractivity contribution in [3.05, 3.63) is 83.2 Å². The van der Waals surface area contributed by atoms with Crippen LogP contribution in [0, 0.1) is 5.82 Å². The van der Waals surface area contributed by atoms with E-state index in [-0.39, 0.29) is 18.3 Å². The first-order chi connectivity index (χ1) is 16.5. The molecule has 0 atom stereocenters. The molecule has 0 saturated carbocycles. The van der Waals surface area contributed by atoms with Gasteiger partial charge in [0.25, 0.3) is 5.91 Å². The lowest BCUT2D eigenvalue weighted by atomic mass is 10.2. The average Bonchev–Trinajstić information content (AvgIpc) is 2.84. The summed E-state index contributed by atoms with van der Waals surface area (Å²) in [6, 6.07) is 16.4. The zero-order chi connectivity index (χ0) is 24.3. The van der Waals surface area contributed by atoms with Gasteiger partial charge in [-0.1, -0.05) is 12.1 Å². The summed E-state index contributed by atoms with van der Waals surface area (Å²) in [5, 5.41) is 4.03. The minimum Gasteiger partial charge on any atom is -0.493 e. The first kappa shape index (κ1) is 24.6. The van der Waals surface area contributed by atoms with Crippen molar-refractivity contribution >= 4 is 12.1 Å². The molecule has 0 radical (unpaired) electrons. The number of methoxy groups -OCH3 is 1. The Bertz CT molecular complexity index is 1150. The molecule has 1 N–H and O–H groups in total. The number of benzene rings is 3. The molecule has 34 heavy (non-hydrogen) atoms. The Hall–Kier alpha value is -4.07. The highest BCUT2D eigenvalue weighted by atomic mass is 19.1. The van der Waals surface area contributed by atoms with Gasteiger partial charge in [-0.05, 0) is 73.5 Å². The highest BCUT2D eigenvalue weighted by Gasteiger charge is 2.11. The molecule has 0 unspecified atom stereocenters. The van der Waals surface area contributed by atoms with E-state index < -0.39 is 0 Å². The van der Waals surface area contributed by atoms with Crippen LogP contribution in [0.1, 0.15) is 35.3 Å². The zero-order valence-corrected chi connectivity index (χ0v) is 19.3. The van der Waals surface area contributed by atoms with Crippen molar-refractivity contribution in [2.45, 2.75) is 20.5 Å². The van der Waals surface area contributed by atoms with Gasteiger partial charge < -0.3 is 18.9 Å². The molecule has 3 aromatic carbocycles. The van der Waals surface area contributed by atoms with Crippen molar-refractivity contribution in [2.75, 3.05) is 20.3 Å². The van der Waals surface area contributed by atoms with Crippen LogP contribution in [0.15, 0.2) is 65.8 Å². The summed E-state index contributed by atoms with van der Waals surface area (Å²) >= 11 is 0.